The van der Waals surface area contributed by atoms with Crippen LogP contribution in [0.2, 0.25) is 5.02 Å². The van der Waals surface area contributed by atoms with Gasteiger partial charge in [-0.25, -0.2) is 0 Å². The van der Waals surface area contributed by atoms with E-state index in [-0.39, 0.29) is 5.91 Å². The number of hydrogen-bond donors (Lipinski definition) is 2. The minimum Gasteiger partial charge on any atom is -0.360 e. The highest BCUT2D eigenvalue weighted by molar-refractivity contribution is 7.80. The molecular weight excluding hydrogens is 432 g/mol. The van der Waals surface area contributed by atoms with E-state index in [9.17, 15) is 4.79 Å². The Balaban J connectivity index is 1.82. The summed E-state index contributed by atoms with van der Waals surface area (Å²) in [6.45, 7) is 5.66. The Kier molecular flexibility index (Phi) is 5.80. The fourth-order valence-corrected chi connectivity index (χ4v) is 4.22. The number of amides is 1. The smallest absolute Gasteiger partial charge is 0.257 e. The Labute approximate surface area is 190 Å². The van der Waals surface area contributed by atoms with E-state index < -0.39 is 6.04 Å². The number of halogens is 1. The van der Waals surface area contributed by atoms with E-state index in [0.717, 1.165) is 22.5 Å². The third kappa shape index (κ3) is 4.33. The van der Waals surface area contributed by atoms with Crippen molar-refractivity contribution in [3.05, 3.63) is 87.8 Å². The SMILES string of the molecule is CC1=C(C(=O)Nc2cc(C)on2)C(c2cccc(Cl)c2)NC(=S)N1c1cccc(C)c1. The molecule has 0 saturated heterocycles. The van der Waals surface area contributed by atoms with Gasteiger partial charge >= 0.3 is 0 Å². The zero-order valence-corrected chi connectivity index (χ0v) is 18.8. The summed E-state index contributed by atoms with van der Waals surface area (Å²) in [6.07, 6.45) is 0. The average molecular weight is 453 g/mol. The maximum atomic E-state index is 13.4. The van der Waals surface area contributed by atoms with Gasteiger partial charge < -0.3 is 15.2 Å². The molecule has 1 aliphatic rings. The number of aryl methyl sites for hydroxylation is 2. The van der Waals surface area contributed by atoms with E-state index in [1.165, 1.54) is 0 Å². The number of carbonyl (C=O) groups excluding carboxylic acids is 1. The lowest BCUT2D eigenvalue weighted by molar-refractivity contribution is -0.113. The van der Waals surface area contributed by atoms with Crippen LogP contribution in [0.5, 0.6) is 0 Å². The normalized spacial score (nSPS) is 16.3. The van der Waals surface area contributed by atoms with Crippen LogP contribution >= 0.6 is 23.8 Å². The third-order valence-corrected chi connectivity index (χ3v) is 5.58. The van der Waals surface area contributed by atoms with E-state index in [4.69, 9.17) is 28.3 Å². The van der Waals surface area contributed by atoms with Crippen molar-refractivity contribution in [2.24, 2.45) is 0 Å². The summed E-state index contributed by atoms with van der Waals surface area (Å²) in [7, 11) is 0. The molecule has 0 fully saturated rings. The Bertz CT molecular complexity index is 1200. The Morgan fingerprint density at radius 1 is 1.16 bits per heavy atom. The molecule has 31 heavy (non-hydrogen) atoms. The van der Waals surface area contributed by atoms with Gasteiger partial charge in [-0.15, -0.1) is 0 Å². The van der Waals surface area contributed by atoms with Crippen molar-refractivity contribution in [1.82, 2.24) is 10.5 Å². The molecule has 8 heteroatoms. The maximum Gasteiger partial charge on any atom is 0.257 e. The molecule has 0 aliphatic carbocycles. The van der Waals surface area contributed by atoms with Crippen LogP contribution in [0, 0.1) is 13.8 Å². The van der Waals surface area contributed by atoms with Crippen LogP contribution in [-0.4, -0.2) is 16.2 Å². The molecule has 2 N–H and O–H groups in total. The second kappa shape index (κ2) is 8.53. The number of thiocarbonyl (C=S) groups is 1. The number of allylic oxidation sites excluding steroid dienone is 1. The number of aromatic nitrogens is 1. The summed E-state index contributed by atoms with van der Waals surface area (Å²) < 4.78 is 5.08. The lowest BCUT2D eigenvalue weighted by atomic mass is 9.94. The zero-order valence-electron chi connectivity index (χ0n) is 17.3. The molecule has 4 rings (SSSR count). The molecule has 0 radical (unpaired) electrons. The minimum absolute atomic E-state index is 0.302. The number of carbonyl (C=O) groups is 1. The van der Waals surface area contributed by atoms with Crippen molar-refractivity contribution in [2.45, 2.75) is 26.8 Å². The lowest BCUT2D eigenvalue weighted by Crippen LogP contribution is -2.48. The van der Waals surface area contributed by atoms with Crippen LogP contribution in [0.15, 0.2) is 70.4 Å². The van der Waals surface area contributed by atoms with Crippen LogP contribution in [0.4, 0.5) is 11.5 Å². The van der Waals surface area contributed by atoms with Gasteiger partial charge in [0.1, 0.15) is 5.76 Å². The molecule has 1 amide bonds. The number of anilines is 2. The molecular formula is C23H21ClN4O2S. The van der Waals surface area contributed by atoms with E-state index in [1.807, 2.05) is 61.2 Å². The van der Waals surface area contributed by atoms with Gasteiger partial charge in [0.2, 0.25) is 0 Å². The standard InChI is InChI=1S/C23H21ClN4O2S/c1-13-6-4-9-18(10-13)28-15(3)20(22(29)25-19-11-14(2)30-27-19)21(26-23(28)31)16-7-5-8-17(24)12-16/h4-12,21H,1-3H3,(H,26,31)(H,25,27,29). The summed E-state index contributed by atoms with van der Waals surface area (Å²) in [6, 6.07) is 16.5. The molecule has 1 aliphatic heterocycles. The van der Waals surface area contributed by atoms with Gasteiger partial charge in [0, 0.05) is 22.5 Å². The molecule has 2 aromatic carbocycles. The molecule has 6 nitrogen and oxygen atoms in total. The highest BCUT2D eigenvalue weighted by Crippen LogP contribution is 2.35. The van der Waals surface area contributed by atoms with Gasteiger partial charge in [-0.1, -0.05) is 41.0 Å². The van der Waals surface area contributed by atoms with Crippen molar-refractivity contribution in [3.63, 3.8) is 0 Å². The maximum absolute atomic E-state index is 13.4. The largest absolute Gasteiger partial charge is 0.360 e. The fraction of sp³-hybridized carbons (Fsp3) is 0.174. The molecule has 1 unspecified atom stereocenters. The van der Waals surface area contributed by atoms with Crippen molar-refractivity contribution in [1.29, 1.82) is 0 Å². The number of hydrogen-bond acceptors (Lipinski definition) is 4. The molecule has 0 spiro atoms. The second-order valence-electron chi connectivity index (χ2n) is 7.39. The lowest BCUT2D eigenvalue weighted by Gasteiger charge is -2.38. The second-order valence-corrected chi connectivity index (χ2v) is 8.21. The number of nitrogens with zero attached hydrogens (tertiary/aromatic N) is 2. The fourth-order valence-electron chi connectivity index (χ4n) is 3.66. The summed E-state index contributed by atoms with van der Waals surface area (Å²) in [5.74, 6) is 0.656. The molecule has 0 saturated carbocycles. The van der Waals surface area contributed by atoms with Crippen LogP contribution in [-0.2, 0) is 4.79 Å². The van der Waals surface area contributed by atoms with E-state index in [1.54, 1.807) is 19.1 Å². The number of rotatable bonds is 4. The van der Waals surface area contributed by atoms with Crippen molar-refractivity contribution in [2.75, 3.05) is 10.2 Å². The molecule has 0 bridgehead atoms. The zero-order chi connectivity index (χ0) is 22.1. The Morgan fingerprint density at radius 3 is 2.61 bits per heavy atom. The number of benzene rings is 2. The van der Waals surface area contributed by atoms with E-state index in [0.29, 0.717) is 27.3 Å². The van der Waals surface area contributed by atoms with Gasteiger partial charge in [-0.2, -0.15) is 0 Å². The molecule has 158 valence electrons. The highest BCUT2D eigenvalue weighted by Gasteiger charge is 2.35. The first kappa shape index (κ1) is 21.1. The van der Waals surface area contributed by atoms with Crippen LogP contribution in [0.3, 0.4) is 0 Å². The van der Waals surface area contributed by atoms with Gasteiger partial charge in [-0.05, 0) is 68.4 Å². The minimum atomic E-state index is -0.472. The van der Waals surface area contributed by atoms with E-state index in [2.05, 4.69) is 15.8 Å². The molecule has 3 aromatic rings. The first-order valence-electron chi connectivity index (χ1n) is 9.71. The first-order chi connectivity index (χ1) is 14.8. The Morgan fingerprint density at radius 2 is 1.94 bits per heavy atom. The van der Waals surface area contributed by atoms with Crippen molar-refractivity contribution >= 4 is 46.3 Å². The molecule has 2 heterocycles. The predicted molar refractivity (Wildman–Crippen MR) is 126 cm³/mol. The summed E-state index contributed by atoms with van der Waals surface area (Å²) >= 11 is 11.9. The van der Waals surface area contributed by atoms with Crippen molar-refractivity contribution < 1.29 is 9.32 Å². The molecule has 1 atom stereocenters. The highest BCUT2D eigenvalue weighted by atomic mass is 35.5. The molecule has 1 aromatic heterocycles. The summed E-state index contributed by atoms with van der Waals surface area (Å²) in [5.41, 5.74) is 4.03. The van der Waals surface area contributed by atoms with Crippen LogP contribution in [0.1, 0.15) is 29.9 Å². The quantitative estimate of drug-likeness (QED) is 0.524. The summed E-state index contributed by atoms with van der Waals surface area (Å²) in [4.78, 5) is 15.3. The third-order valence-electron chi connectivity index (χ3n) is 5.04. The monoisotopic (exact) mass is 452 g/mol. The van der Waals surface area contributed by atoms with Crippen LogP contribution < -0.4 is 15.5 Å². The average Bonchev–Trinajstić information content (AvgIpc) is 3.12. The van der Waals surface area contributed by atoms with Crippen LogP contribution in [0.25, 0.3) is 0 Å². The first-order valence-corrected chi connectivity index (χ1v) is 10.5. The van der Waals surface area contributed by atoms with Gasteiger partial charge in [0.15, 0.2) is 10.9 Å². The topological polar surface area (TPSA) is 70.4 Å². The number of nitrogens with one attached hydrogen (secondary N) is 2. The summed E-state index contributed by atoms with van der Waals surface area (Å²) in [5, 5.41) is 11.1. The van der Waals surface area contributed by atoms with E-state index >= 15 is 0 Å². The van der Waals surface area contributed by atoms with Crippen molar-refractivity contribution in [3.8, 4) is 0 Å². The van der Waals surface area contributed by atoms with Gasteiger partial charge in [-0.3, -0.25) is 9.69 Å². The Hall–Kier alpha value is -3.16. The van der Waals surface area contributed by atoms with Gasteiger partial charge in [0.25, 0.3) is 5.91 Å². The van der Waals surface area contributed by atoms with Gasteiger partial charge in [0.05, 0.1) is 11.6 Å². The predicted octanol–water partition coefficient (Wildman–Crippen LogP) is 5.29.